The van der Waals surface area contributed by atoms with Crippen LogP contribution in [0.4, 0.5) is 0 Å². The van der Waals surface area contributed by atoms with Crippen molar-refractivity contribution >= 4 is 0 Å². The molecule has 92 valence electrons. The second-order valence-electron chi connectivity index (χ2n) is 3.57. The molecule has 1 aromatic carbocycles. The lowest BCUT2D eigenvalue weighted by Crippen LogP contribution is -2.29. The van der Waals surface area contributed by atoms with E-state index in [0.717, 1.165) is 11.3 Å². The van der Waals surface area contributed by atoms with E-state index in [1.165, 1.54) is 0 Å². The normalized spacial score (nSPS) is 13.6. The van der Waals surface area contributed by atoms with Gasteiger partial charge in [0.1, 0.15) is 5.75 Å². The molecule has 17 heavy (non-hydrogen) atoms. The molecule has 0 bridgehead atoms. The maximum absolute atomic E-state index is 9.47. The topological polar surface area (TPSA) is 98.5 Å². The number of ether oxygens (including phenoxy) is 1. The molecule has 1 rings (SSSR count). The summed E-state index contributed by atoms with van der Waals surface area (Å²) >= 11 is 0. The summed E-state index contributed by atoms with van der Waals surface area (Å²) in [5, 5.41) is 21.8. The average molecular weight is 237 g/mol. The van der Waals surface area contributed by atoms with Gasteiger partial charge in [-0.25, -0.2) is 0 Å². The monoisotopic (exact) mass is 237 g/mol. The van der Waals surface area contributed by atoms with Crippen LogP contribution in [0.2, 0.25) is 0 Å². The molecule has 0 aliphatic carbocycles. The summed E-state index contributed by atoms with van der Waals surface area (Å²) in [4.78, 5) is 2.66. The lowest BCUT2D eigenvalue weighted by molar-refractivity contribution is 0.0743. The Morgan fingerprint density at radius 1 is 1.41 bits per heavy atom. The number of aliphatic hydroxyl groups is 2. The summed E-state index contributed by atoms with van der Waals surface area (Å²) in [5.41, 5.74) is 9.29. The number of hydrogen-bond acceptors (Lipinski definition) is 4. The van der Waals surface area contributed by atoms with Crippen LogP contribution in [0.3, 0.4) is 0 Å². The Bertz CT molecular complexity index is 387. The van der Waals surface area contributed by atoms with Gasteiger partial charge in [-0.3, -0.25) is 0 Å². The van der Waals surface area contributed by atoms with Gasteiger partial charge >= 0.3 is 0 Å². The molecule has 0 saturated carbocycles. The van der Waals surface area contributed by atoms with Crippen LogP contribution in [0.5, 0.6) is 5.75 Å². The molecule has 6 nitrogen and oxygen atoms in total. The summed E-state index contributed by atoms with van der Waals surface area (Å²) in [6, 6.07) is 6.55. The van der Waals surface area contributed by atoms with E-state index in [4.69, 9.17) is 15.4 Å². The number of benzene rings is 1. The molecule has 1 aromatic rings. The first-order chi connectivity index (χ1) is 8.21. The van der Waals surface area contributed by atoms with E-state index < -0.39 is 18.8 Å². The van der Waals surface area contributed by atoms with E-state index in [0.29, 0.717) is 6.42 Å². The van der Waals surface area contributed by atoms with Crippen molar-refractivity contribution in [2.24, 2.45) is 5.11 Å². The second-order valence-corrected chi connectivity index (χ2v) is 3.57. The zero-order valence-electron chi connectivity index (χ0n) is 9.52. The molecule has 0 aromatic heterocycles. The van der Waals surface area contributed by atoms with E-state index in [1.54, 1.807) is 19.2 Å². The largest absolute Gasteiger partial charge is 0.497 e. The molecule has 0 amide bonds. The standard InChI is InChI=1S/C11H15N3O3/c1-17-9-4-2-8(3-5-9)6-10(13-14-12)11(16)7-15/h2-5,10-11,15-16H,6-7H2,1H3/t10-,11+/m0/s1. The fourth-order valence-electron chi connectivity index (χ4n) is 1.44. The minimum absolute atomic E-state index is 0.371. The highest BCUT2D eigenvalue weighted by Gasteiger charge is 2.17. The molecular formula is C11H15N3O3. The van der Waals surface area contributed by atoms with E-state index in [9.17, 15) is 5.11 Å². The minimum atomic E-state index is -1.05. The van der Waals surface area contributed by atoms with Gasteiger partial charge in [-0.1, -0.05) is 17.2 Å². The molecule has 0 saturated heterocycles. The van der Waals surface area contributed by atoms with Gasteiger partial charge in [-0.05, 0) is 29.6 Å². The van der Waals surface area contributed by atoms with Crippen molar-refractivity contribution in [3.8, 4) is 5.75 Å². The summed E-state index contributed by atoms with van der Waals surface area (Å²) < 4.78 is 5.02. The zero-order valence-corrected chi connectivity index (χ0v) is 9.52. The van der Waals surface area contributed by atoms with Crippen LogP contribution in [0, 0.1) is 0 Å². The number of methoxy groups -OCH3 is 1. The maximum Gasteiger partial charge on any atom is 0.118 e. The van der Waals surface area contributed by atoms with Crippen LogP contribution in [0.25, 0.3) is 10.4 Å². The quantitative estimate of drug-likeness (QED) is 0.442. The predicted octanol–water partition coefficient (Wildman–Crippen LogP) is 1.27. The third kappa shape index (κ3) is 3.96. The summed E-state index contributed by atoms with van der Waals surface area (Å²) in [5.74, 6) is 0.733. The highest BCUT2D eigenvalue weighted by atomic mass is 16.5. The fraction of sp³-hybridized carbons (Fsp3) is 0.455. The van der Waals surface area contributed by atoms with Gasteiger partial charge in [0.05, 0.1) is 25.9 Å². The Hall–Kier alpha value is -1.75. The molecule has 0 unspecified atom stereocenters. The van der Waals surface area contributed by atoms with Crippen molar-refractivity contribution in [2.45, 2.75) is 18.6 Å². The van der Waals surface area contributed by atoms with Gasteiger partial charge in [0.25, 0.3) is 0 Å². The van der Waals surface area contributed by atoms with E-state index >= 15 is 0 Å². The van der Waals surface area contributed by atoms with Gasteiger partial charge in [-0.15, -0.1) is 0 Å². The van der Waals surface area contributed by atoms with Crippen molar-refractivity contribution in [3.05, 3.63) is 40.3 Å². The zero-order chi connectivity index (χ0) is 12.7. The number of hydrogen-bond donors (Lipinski definition) is 2. The number of rotatable bonds is 6. The Kier molecular flexibility index (Phi) is 5.29. The third-order valence-electron chi connectivity index (χ3n) is 2.44. The van der Waals surface area contributed by atoms with Crippen LogP contribution < -0.4 is 4.74 Å². The van der Waals surface area contributed by atoms with Gasteiger partial charge in [0, 0.05) is 4.91 Å². The van der Waals surface area contributed by atoms with Crippen LogP contribution in [-0.2, 0) is 6.42 Å². The second kappa shape index (κ2) is 6.75. The molecule has 0 heterocycles. The van der Waals surface area contributed by atoms with Crippen molar-refractivity contribution in [1.29, 1.82) is 0 Å². The predicted molar refractivity (Wildman–Crippen MR) is 62.7 cm³/mol. The molecular weight excluding hydrogens is 222 g/mol. The molecule has 6 heteroatoms. The molecule has 0 radical (unpaired) electrons. The molecule has 0 aliphatic heterocycles. The third-order valence-corrected chi connectivity index (χ3v) is 2.44. The molecule has 0 fully saturated rings. The smallest absolute Gasteiger partial charge is 0.118 e. The lowest BCUT2D eigenvalue weighted by atomic mass is 10.0. The van der Waals surface area contributed by atoms with Crippen LogP contribution in [0.15, 0.2) is 29.4 Å². The van der Waals surface area contributed by atoms with Gasteiger partial charge in [-0.2, -0.15) is 0 Å². The van der Waals surface area contributed by atoms with Gasteiger partial charge in [0.15, 0.2) is 0 Å². The SMILES string of the molecule is COc1ccc(C[C@H](N=[N+]=[N-])[C@H](O)CO)cc1. The summed E-state index contributed by atoms with van der Waals surface area (Å²) in [6.45, 7) is -0.431. The lowest BCUT2D eigenvalue weighted by Gasteiger charge is -2.16. The van der Waals surface area contributed by atoms with Crippen molar-refractivity contribution in [3.63, 3.8) is 0 Å². The Morgan fingerprint density at radius 2 is 2.06 bits per heavy atom. The Morgan fingerprint density at radius 3 is 2.53 bits per heavy atom. The molecule has 0 aliphatic rings. The summed E-state index contributed by atoms with van der Waals surface area (Å²) in [7, 11) is 1.58. The Labute approximate surface area is 99.1 Å². The summed E-state index contributed by atoms with van der Waals surface area (Å²) in [6.07, 6.45) is -0.677. The molecule has 0 spiro atoms. The number of azide groups is 1. The average Bonchev–Trinajstić information content (AvgIpc) is 2.38. The van der Waals surface area contributed by atoms with Crippen molar-refractivity contribution < 1.29 is 14.9 Å². The van der Waals surface area contributed by atoms with Crippen LogP contribution in [0.1, 0.15) is 5.56 Å². The first-order valence-electron chi connectivity index (χ1n) is 5.17. The molecule has 2 N–H and O–H groups in total. The maximum atomic E-state index is 9.47. The number of nitrogens with zero attached hydrogens (tertiary/aromatic N) is 3. The van der Waals surface area contributed by atoms with E-state index in [1.807, 2.05) is 12.1 Å². The molecule has 2 atom stereocenters. The highest BCUT2D eigenvalue weighted by Crippen LogP contribution is 2.15. The van der Waals surface area contributed by atoms with Crippen LogP contribution >= 0.6 is 0 Å². The Balaban J connectivity index is 2.74. The van der Waals surface area contributed by atoms with Crippen LogP contribution in [-0.4, -0.2) is 36.1 Å². The fourth-order valence-corrected chi connectivity index (χ4v) is 1.44. The first-order valence-corrected chi connectivity index (χ1v) is 5.17. The van der Waals surface area contributed by atoms with E-state index in [-0.39, 0.29) is 0 Å². The minimum Gasteiger partial charge on any atom is -0.497 e. The van der Waals surface area contributed by atoms with E-state index in [2.05, 4.69) is 10.0 Å². The first kappa shape index (κ1) is 13.3. The highest BCUT2D eigenvalue weighted by molar-refractivity contribution is 5.27. The number of aliphatic hydroxyl groups excluding tert-OH is 2. The van der Waals surface area contributed by atoms with Gasteiger partial charge in [0.2, 0.25) is 0 Å². The van der Waals surface area contributed by atoms with Crippen molar-refractivity contribution in [1.82, 2.24) is 0 Å². The van der Waals surface area contributed by atoms with Crippen molar-refractivity contribution in [2.75, 3.05) is 13.7 Å². The van der Waals surface area contributed by atoms with Gasteiger partial charge < -0.3 is 14.9 Å².